The molecule has 1 N–H and O–H groups in total. The van der Waals surface area contributed by atoms with Gasteiger partial charge in [-0.25, -0.2) is 9.18 Å². The molecule has 140 valence electrons. The van der Waals surface area contributed by atoms with Gasteiger partial charge in [0, 0.05) is 10.0 Å². The fraction of sp³-hybridized carbons (Fsp3) is 0.167. The van der Waals surface area contributed by atoms with Crippen molar-refractivity contribution in [3.8, 4) is 5.75 Å². The maximum atomic E-state index is 14.2. The molecule has 0 radical (unpaired) electrons. The summed E-state index contributed by atoms with van der Waals surface area (Å²) in [6, 6.07) is 8.65. The lowest BCUT2D eigenvalue weighted by Gasteiger charge is -2.14. The Kier molecular flexibility index (Phi) is 5.13. The Balaban J connectivity index is 2.29. The van der Waals surface area contributed by atoms with Crippen molar-refractivity contribution in [1.82, 2.24) is 9.13 Å². The third kappa shape index (κ3) is 3.63. The molecule has 9 heteroatoms. The first-order valence-electron chi connectivity index (χ1n) is 7.79. The Hall–Kier alpha value is -2.94. The highest BCUT2D eigenvalue weighted by atomic mass is 79.9. The summed E-state index contributed by atoms with van der Waals surface area (Å²) >= 11 is 3.14. The molecular formula is C18H14BrFN2O5. The minimum absolute atomic E-state index is 0.104. The summed E-state index contributed by atoms with van der Waals surface area (Å²) in [6.45, 7) is -0.964. The van der Waals surface area contributed by atoms with Crippen LogP contribution in [-0.4, -0.2) is 27.3 Å². The zero-order valence-corrected chi connectivity index (χ0v) is 15.7. The fourth-order valence-electron chi connectivity index (χ4n) is 2.78. The van der Waals surface area contributed by atoms with Crippen LogP contribution in [0.4, 0.5) is 4.39 Å². The summed E-state index contributed by atoms with van der Waals surface area (Å²) in [5.74, 6) is -1.46. The van der Waals surface area contributed by atoms with Gasteiger partial charge < -0.3 is 9.84 Å². The van der Waals surface area contributed by atoms with E-state index in [-0.39, 0.29) is 23.0 Å². The first-order valence-corrected chi connectivity index (χ1v) is 8.58. The van der Waals surface area contributed by atoms with Crippen LogP contribution in [0.25, 0.3) is 10.9 Å². The van der Waals surface area contributed by atoms with Crippen molar-refractivity contribution in [3.05, 3.63) is 73.1 Å². The molecule has 0 unspecified atom stereocenters. The van der Waals surface area contributed by atoms with Crippen LogP contribution in [0.5, 0.6) is 5.75 Å². The molecule has 7 nitrogen and oxygen atoms in total. The van der Waals surface area contributed by atoms with Crippen molar-refractivity contribution in [2.24, 2.45) is 0 Å². The number of carbonyl (C=O) groups is 1. The molecule has 0 aliphatic rings. The van der Waals surface area contributed by atoms with Gasteiger partial charge in [-0.1, -0.05) is 22.0 Å². The van der Waals surface area contributed by atoms with Crippen molar-refractivity contribution >= 4 is 32.8 Å². The Morgan fingerprint density at radius 3 is 2.56 bits per heavy atom. The number of carboxylic acids is 1. The summed E-state index contributed by atoms with van der Waals surface area (Å²) in [7, 11) is 1.42. The summed E-state index contributed by atoms with van der Waals surface area (Å²) in [5.41, 5.74) is -1.19. The Morgan fingerprint density at radius 1 is 1.19 bits per heavy atom. The van der Waals surface area contributed by atoms with E-state index in [0.717, 1.165) is 9.13 Å². The topological polar surface area (TPSA) is 90.5 Å². The molecule has 0 saturated carbocycles. The number of ether oxygens (including phenoxy) is 1. The fourth-order valence-corrected chi connectivity index (χ4v) is 3.11. The van der Waals surface area contributed by atoms with Gasteiger partial charge in [-0.2, -0.15) is 0 Å². The molecule has 3 aromatic rings. The molecule has 0 fully saturated rings. The van der Waals surface area contributed by atoms with Crippen LogP contribution in [0.2, 0.25) is 0 Å². The van der Waals surface area contributed by atoms with Gasteiger partial charge in [0.05, 0.1) is 24.6 Å². The van der Waals surface area contributed by atoms with E-state index < -0.39 is 29.6 Å². The number of aliphatic carboxylic acids is 1. The van der Waals surface area contributed by atoms with Gasteiger partial charge in [-0.3, -0.25) is 18.7 Å². The van der Waals surface area contributed by atoms with Crippen LogP contribution in [0.15, 0.2) is 50.5 Å². The van der Waals surface area contributed by atoms with E-state index in [4.69, 9.17) is 9.84 Å². The number of hydrogen-bond donors (Lipinski definition) is 1. The van der Waals surface area contributed by atoms with Gasteiger partial charge in [0.2, 0.25) is 0 Å². The molecule has 0 aliphatic heterocycles. The van der Waals surface area contributed by atoms with Crippen LogP contribution >= 0.6 is 15.9 Å². The van der Waals surface area contributed by atoms with Crippen LogP contribution in [0.1, 0.15) is 5.56 Å². The van der Waals surface area contributed by atoms with Crippen molar-refractivity contribution < 1.29 is 19.0 Å². The van der Waals surface area contributed by atoms with E-state index in [1.807, 2.05) is 0 Å². The van der Waals surface area contributed by atoms with Crippen molar-refractivity contribution in [2.45, 2.75) is 13.1 Å². The minimum Gasteiger partial charge on any atom is -0.497 e. The molecule has 1 aromatic heterocycles. The zero-order chi connectivity index (χ0) is 19.7. The smallest absolute Gasteiger partial charge is 0.332 e. The number of hydrogen-bond acceptors (Lipinski definition) is 4. The van der Waals surface area contributed by atoms with Gasteiger partial charge in [0.15, 0.2) is 0 Å². The monoisotopic (exact) mass is 436 g/mol. The molecule has 0 saturated heterocycles. The first kappa shape index (κ1) is 18.8. The number of halogens is 2. The highest BCUT2D eigenvalue weighted by Crippen LogP contribution is 2.18. The maximum absolute atomic E-state index is 14.2. The highest BCUT2D eigenvalue weighted by molar-refractivity contribution is 9.10. The molecule has 0 atom stereocenters. The molecule has 2 aromatic carbocycles. The second-order valence-corrected chi connectivity index (χ2v) is 6.69. The average Bonchev–Trinajstić information content (AvgIpc) is 2.63. The lowest BCUT2D eigenvalue weighted by Crippen LogP contribution is -2.41. The van der Waals surface area contributed by atoms with Crippen LogP contribution in [-0.2, 0) is 17.9 Å². The van der Waals surface area contributed by atoms with E-state index in [2.05, 4.69) is 15.9 Å². The average molecular weight is 437 g/mol. The standard InChI is InChI=1S/C18H14BrFN2O5/c1-27-12-4-5-15-13(7-12)17(25)22(18(26)21(15)9-16(23)24)8-10-2-3-11(19)6-14(10)20/h2-7H,8-9H2,1H3,(H,23,24). The SMILES string of the molecule is COc1ccc2c(c1)c(=O)n(Cc1ccc(Br)cc1F)c(=O)n2CC(=O)O. The summed E-state index contributed by atoms with van der Waals surface area (Å²) in [6.07, 6.45) is 0. The number of nitrogens with zero attached hydrogens (tertiary/aromatic N) is 2. The second kappa shape index (κ2) is 7.36. The van der Waals surface area contributed by atoms with Crippen LogP contribution < -0.4 is 16.0 Å². The second-order valence-electron chi connectivity index (χ2n) is 5.77. The zero-order valence-electron chi connectivity index (χ0n) is 14.1. The third-order valence-electron chi connectivity index (χ3n) is 4.07. The van der Waals surface area contributed by atoms with E-state index in [9.17, 15) is 18.8 Å². The number of rotatable bonds is 5. The van der Waals surface area contributed by atoms with Crippen LogP contribution in [0, 0.1) is 5.82 Å². The third-order valence-corrected chi connectivity index (χ3v) is 4.56. The van der Waals surface area contributed by atoms with E-state index in [1.165, 1.54) is 37.4 Å². The minimum atomic E-state index is -1.24. The van der Waals surface area contributed by atoms with E-state index in [0.29, 0.717) is 10.2 Å². The number of benzene rings is 2. The predicted octanol–water partition coefficient (Wildman–Crippen LogP) is 2.21. The van der Waals surface area contributed by atoms with Gasteiger partial charge in [-0.15, -0.1) is 0 Å². The Labute approximate surface area is 160 Å². The molecule has 0 aliphatic carbocycles. The van der Waals surface area contributed by atoms with Crippen molar-refractivity contribution in [2.75, 3.05) is 7.11 Å². The number of carboxylic acid groups (broad SMARTS) is 1. The normalized spacial score (nSPS) is 10.9. The lowest BCUT2D eigenvalue weighted by atomic mass is 10.2. The molecule has 3 rings (SSSR count). The number of methoxy groups -OCH3 is 1. The first-order chi connectivity index (χ1) is 12.8. The van der Waals surface area contributed by atoms with Gasteiger partial charge >= 0.3 is 11.7 Å². The number of aromatic nitrogens is 2. The quantitative estimate of drug-likeness (QED) is 0.661. The molecule has 27 heavy (non-hydrogen) atoms. The summed E-state index contributed by atoms with van der Waals surface area (Å²) in [5, 5.41) is 9.24. The van der Waals surface area contributed by atoms with E-state index >= 15 is 0 Å². The van der Waals surface area contributed by atoms with Gasteiger partial charge in [0.25, 0.3) is 5.56 Å². The largest absolute Gasteiger partial charge is 0.497 e. The molecular weight excluding hydrogens is 423 g/mol. The van der Waals surface area contributed by atoms with Gasteiger partial charge in [0.1, 0.15) is 18.1 Å². The predicted molar refractivity (Wildman–Crippen MR) is 99.9 cm³/mol. The number of fused-ring (bicyclic) bond motifs is 1. The summed E-state index contributed by atoms with van der Waals surface area (Å²) < 4.78 is 21.6. The summed E-state index contributed by atoms with van der Waals surface area (Å²) in [4.78, 5) is 36.8. The Morgan fingerprint density at radius 2 is 1.93 bits per heavy atom. The lowest BCUT2D eigenvalue weighted by molar-refractivity contribution is -0.137. The van der Waals surface area contributed by atoms with Crippen molar-refractivity contribution in [3.63, 3.8) is 0 Å². The molecule has 0 spiro atoms. The van der Waals surface area contributed by atoms with Crippen molar-refractivity contribution in [1.29, 1.82) is 0 Å². The molecule has 0 amide bonds. The van der Waals surface area contributed by atoms with E-state index in [1.54, 1.807) is 6.07 Å². The van der Waals surface area contributed by atoms with Crippen LogP contribution in [0.3, 0.4) is 0 Å². The maximum Gasteiger partial charge on any atom is 0.332 e. The molecule has 1 heterocycles. The molecule has 0 bridgehead atoms. The van der Waals surface area contributed by atoms with Gasteiger partial charge in [-0.05, 0) is 30.3 Å². The Bertz CT molecular complexity index is 1170. The highest BCUT2D eigenvalue weighted by Gasteiger charge is 2.17.